The summed E-state index contributed by atoms with van der Waals surface area (Å²) in [7, 11) is 0. The summed E-state index contributed by atoms with van der Waals surface area (Å²) < 4.78 is 0. The first-order chi connectivity index (χ1) is 6.66. The highest BCUT2D eigenvalue weighted by Gasteiger charge is 2.21. The number of rotatable bonds is 4. The van der Waals surface area contributed by atoms with Gasteiger partial charge in [-0.3, -0.25) is 4.79 Å². The molecule has 2 heteroatoms. The fourth-order valence-corrected chi connectivity index (χ4v) is 1.39. The van der Waals surface area contributed by atoms with Crippen LogP contribution in [0.2, 0.25) is 0 Å². The van der Waals surface area contributed by atoms with E-state index in [1.807, 2.05) is 25.1 Å². The lowest BCUT2D eigenvalue weighted by Crippen LogP contribution is -2.24. The third-order valence-electron chi connectivity index (χ3n) is 2.47. The molecule has 0 spiro atoms. The predicted octanol–water partition coefficient (Wildman–Crippen LogP) is 2.28. The van der Waals surface area contributed by atoms with Crippen LogP contribution in [0.1, 0.15) is 30.6 Å². The molecule has 0 saturated heterocycles. The fourth-order valence-electron chi connectivity index (χ4n) is 1.39. The summed E-state index contributed by atoms with van der Waals surface area (Å²) in [5.41, 5.74) is 0.674. The summed E-state index contributed by atoms with van der Waals surface area (Å²) >= 11 is 0. The van der Waals surface area contributed by atoms with Gasteiger partial charge in [0.1, 0.15) is 0 Å². The summed E-state index contributed by atoms with van der Waals surface area (Å²) in [4.78, 5) is 11.8. The molecule has 0 aromatic heterocycles. The molecule has 0 aliphatic heterocycles. The number of aliphatic hydroxyl groups is 1. The Morgan fingerprint density at radius 1 is 1.36 bits per heavy atom. The van der Waals surface area contributed by atoms with Gasteiger partial charge in [-0.05, 0) is 6.42 Å². The van der Waals surface area contributed by atoms with Crippen molar-refractivity contribution in [2.24, 2.45) is 5.92 Å². The van der Waals surface area contributed by atoms with Gasteiger partial charge in [0.2, 0.25) is 0 Å². The van der Waals surface area contributed by atoms with Gasteiger partial charge in [-0.2, -0.15) is 0 Å². The molecule has 1 N–H and O–H groups in total. The van der Waals surface area contributed by atoms with Crippen molar-refractivity contribution in [2.75, 3.05) is 0 Å². The zero-order valence-corrected chi connectivity index (χ0v) is 8.60. The van der Waals surface area contributed by atoms with Gasteiger partial charge < -0.3 is 5.11 Å². The van der Waals surface area contributed by atoms with Gasteiger partial charge in [0, 0.05) is 11.5 Å². The average molecular weight is 192 g/mol. The zero-order chi connectivity index (χ0) is 10.6. The fraction of sp³-hybridized carbons (Fsp3) is 0.417. The summed E-state index contributed by atoms with van der Waals surface area (Å²) in [6.45, 7) is 3.64. The first-order valence-electron chi connectivity index (χ1n) is 4.94. The van der Waals surface area contributed by atoms with Gasteiger partial charge in [0.25, 0.3) is 0 Å². The van der Waals surface area contributed by atoms with Crippen LogP contribution in [0.25, 0.3) is 0 Å². The molecular weight excluding hydrogens is 176 g/mol. The molecule has 0 radical (unpaired) electrons. The Kier molecular flexibility index (Phi) is 3.84. The molecule has 2 nitrogen and oxygen atoms in total. The van der Waals surface area contributed by atoms with Crippen LogP contribution in [0, 0.1) is 5.92 Å². The van der Waals surface area contributed by atoms with Crippen LogP contribution in [-0.2, 0) is 0 Å². The van der Waals surface area contributed by atoms with Crippen molar-refractivity contribution >= 4 is 5.78 Å². The number of aliphatic hydroxyl groups excluding tert-OH is 1. The maximum atomic E-state index is 11.8. The molecule has 0 fully saturated rings. The van der Waals surface area contributed by atoms with Crippen LogP contribution < -0.4 is 0 Å². The summed E-state index contributed by atoms with van der Waals surface area (Å²) in [5.74, 6) is -0.303. The van der Waals surface area contributed by atoms with Crippen molar-refractivity contribution in [1.29, 1.82) is 0 Å². The quantitative estimate of drug-likeness (QED) is 0.743. The molecule has 1 aromatic rings. The van der Waals surface area contributed by atoms with E-state index in [1.165, 1.54) is 0 Å². The minimum atomic E-state index is -0.539. The van der Waals surface area contributed by atoms with Gasteiger partial charge in [-0.1, -0.05) is 44.2 Å². The number of benzene rings is 1. The molecule has 0 bridgehead atoms. The van der Waals surface area contributed by atoms with Crippen LogP contribution in [0.5, 0.6) is 0 Å². The van der Waals surface area contributed by atoms with Gasteiger partial charge in [-0.25, -0.2) is 0 Å². The third kappa shape index (κ3) is 2.42. The van der Waals surface area contributed by atoms with Crippen LogP contribution in [-0.4, -0.2) is 17.0 Å². The topological polar surface area (TPSA) is 37.3 Å². The molecule has 14 heavy (non-hydrogen) atoms. The molecule has 0 saturated carbocycles. The predicted molar refractivity (Wildman–Crippen MR) is 56.2 cm³/mol. The van der Waals surface area contributed by atoms with E-state index in [2.05, 4.69) is 0 Å². The van der Waals surface area contributed by atoms with Gasteiger partial charge in [0.15, 0.2) is 5.78 Å². The molecular formula is C12H16O2. The van der Waals surface area contributed by atoms with Crippen LogP contribution >= 0.6 is 0 Å². The lowest BCUT2D eigenvalue weighted by molar-refractivity contribution is 0.0705. The van der Waals surface area contributed by atoms with E-state index in [1.54, 1.807) is 19.1 Å². The summed E-state index contributed by atoms with van der Waals surface area (Å²) in [5, 5.41) is 9.54. The molecule has 1 aromatic carbocycles. The molecule has 0 unspecified atom stereocenters. The van der Waals surface area contributed by atoms with E-state index in [-0.39, 0.29) is 11.7 Å². The number of Topliss-reactive ketones (excluding diaryl/α,β-unsaturated/α-hetero) is 1. The standard InChI is InChI=1S/C12H16O2/c1-3-11(13)9(2)12(14)10-7-5-4-6-8-10/h4-9,11,13H,3H2,1-2H3/t9-,11-/m0/s1. The highest BCUT2D eigenvalue weighted by molar-refractivity contribution is 5.97. The Hall–Kier alpha value is -1.15. The molecule has 0 amide bonds. The summed E-state index contributed by atoms with van der Waals surface area (Å²) in [6, 6.07) is 9.09. The van der Waals surface area contributed by atoms with Crippen molar-refractivity contribution in [3.05, 3.63) is 35.9 Å². The highest BCUT2D eigenvalue weighted by Crippen LogP contribution is 2.13. The molecule has 0 aliphatic rings. The smallest absolute Gasteiger partial charge is 0.168 e. The molecule has 0 heterocycles. The van der Waals surface area contributed by atoms with Crippen molar-refractivity contribution in [1.82, 2.24) is 0 Å². The van der Waals surface area contributed by atoms with Crippen LogP contribution in [0.15, 0.2) is 30.3 Å². The third-order valence-corrected chi connectivity index (χ3v) is 2.47. The Morgan fingerprint density at radius 2 is 1.93 bits per heavy atom. The normalized spacial score (nSPS) is 14.8. The van der Waals surface area contributed by atoms with E-state index in [0.717, 1.165) is 0 Å². The minimum absolute atomic E-state index is 0.0138. The van der Waals surface area contributed by atoms with E-state index in [4.69, 9.17) is 0 Å². The maximum absolute atomic E-state index is 11.8. The van der Waals surface area contributed by atoms with Gasteiger partial charge in [-0.15, -0.1) is 0 Å². The Bertz CT molecular complexity index is 292. The second-order valence-electron chi connectivity index (χ2n) is 3.49. The lowest BCUT2D eigenvalue weighted by atomic mass is 9.93. The molecule has 2 atom stereocenters. The second kappa shape index (κ2) is 4.91. The Morgan fingerprint density at radius 3 is 2.43 bits per heavy atom. The van der Waals surface area contributed by atoms with Crippen molar-refractivity contribution < 1.29 is 9.90 Å². The number of ketones is 1. The number of carbonyl (C=O) groups excluding carboxylic acids is 1. The van der Waals surface area contributed by atoms with Gasteiger partial charge >= 0.3 is 0 Å². The second-order valence-corrected chi connectivity index (χ2v) is 3.49. The molecule has 0 aliphatic carbocycles. The monoisotopic (exact) mass is 192 g/mol. The minimum Gasteiger partial charge on any atom is -0.392 e. The van der Waals surface area contributed by atoms with E-state index >= 15 is 0 Å². The number of hydrogen-bond donors (Lipinski definition) is 1. The van der Waals surface area contributed by atoms with E-state index in [0.29, 0.717) is 12.0 Å². The first-order valence-corrected chi connectivity index (χ1v) is 4.94. The van der Waals surface area contributed by atoms with Crippen molar-refractivity contribution in [3.8, 4) is 0 Å². The van der Waals surface area contributed by atoms with Gasteiger partial charge in [0.05, 0.1) is 6.10 Å². The maximum Gasteiger partial charge on any atom is 0.168 e. The van der Waals surface area contributed by atoms with Crippen LogP contribution in [0.3, 0.4) is 0 Å². The van der Waals surface area contributed by atoms with Crippen molar-refractivity contribution in [3.63, 3.8) is 0 Å². The van der Waals surface area contributed by atoms with Crippen molar-refractivity contribution in [2.45, 2.75) is 26.4 Å². The number of carbonyl (C=O) groups is 1. The number of hydrogen-bond acceptors (Lipinski definition) is 2. The highest BCUT2D eigenvalue weighted by atomic mass is 16.3. The van der Waals surface area contributed by atoms with Crippen LogP contribution in [0.4, 0.5) is 0 Å². The largest absolute Gasteiger partial charge is 0.392 e. The Labute approximate surface area is 84.6 Å². The molecule has 76 valence electrons. The van der Waals surface area contributed by atoms with E-state index < -0.39 is 6.10 Å². The zero-order valence-electron chi connectivity index (χ0n) is 8.60. The lowest BCUT2D eigenvalue weighted by Gasteiger charge is -2.15. The Balaban J connectivity index is 2.76. The van der Waals surface area contributed by atoms with E-state index in [9.17, 15) is 9.90 Å². The SMILES string of the molecule is CC[C@H](O)[C@H](C)C(=O)c1ccccc1. The molecule has 1 rings (SSSR count). The summed E-state index contributed by atoms with van der Waals surface area (Å²) in [6.07, 6.45) is 0.0717. The first kappa shape index (κ1) is 10.9. The average Bonchev–Trinajstić information content (AvgIpc) is 2.27.